The normalized spacial score (nSPS) is 10.7. The van der Waals surface area contributed by atoms with Crippen molar-refractivity contribution in [3.63, 3.8) is 0 Å². The zero-order chi connectivity index (χ0) is 17.1. The summed E-state index contributed by atoms with van der Waals surface area (Å²) in [5.41, 5.74) is 11.5. The van der Waals surface area contributed by atoms with Gasteiger partial charge in [0, 0.05) is 10.3 Å². The van der Waals surface area contributed by atoms with E-state index in [1.165, 1.54) is 5.56 Å². The summed E-state index contributed by atoms with van der Waals surface area (Å²) < 4.78 is 7.78. The average Bonchev–Trinajstić information content (AvgIpc) is 3.26. The molecule has 0 atom stereocenters. The van der Waals surface area contributed by atoms with E-state index >= 15 is 0 Å². The van der Waals surface area contributed by atoms with Crippen LogP contribution in [0.25, 0.3) is 32.8 Å². The van der Waals surface area contributed by atoms with E-state index in [-0.39, 0.29) is 6.54 Å². The minimum atomic E-state index is 0.194. The molecule has 0 unspecified atom stereocenters. The molecule has 0 radical (unpaired) electrons. The van der Waals surface area contributed by atoms with Crippen LogP contribution in [0.2, 0.25) is 0 Å². The van der Waals surface area contributed by atoms with Gasteiger partial charge in [-0.1, -0.05) is 53.6 Å². The van der Waals surface area contributed by atoms with Crippen molar-refractivity contribution in [1.29, 1.82) is 0 Å². The zero-order valence-electron chi connectivity index (χ0n) is 13.4. The molecular formula is C19H15N5O. The van der Waals surface area contributed by atoms with Gasteiger partial charge in [0.05, 0.1) is 18.6 Å². The summed E-state index contributed by atoms with van der Waals surface area (Å²) in [6.07, 6.45) is 0. The number of aromatic nitrogens is 2. The molecule has 6 heteroatoms. The minimum Gasteiger partial charge on any atom is -0.459 e. The first-order valence-corrected chi connectivity index (χ1v) is 7.94. The minimum absolute atomic E-state index is 0.194. The lowest BCUT2D eigenvalue weighted by atomic mass is 10.2. The van der Waals surface area contributed by atoms with Crippen LogP contribution in [0.15, 0.2) is 76.3 Å². The number of azide groups is 1. The molecule has 0 spiro atoms. The van der Waals surface area contributed by atoms with Crippen molar-refractivity contribution >= 4 is 10.9 Å². The predicted octanol–water partition coefficient (Wildman–Crippen LogP) is 5.15. The summed E-state index contributed by atoms with van der Waals surface area (Å²) in [4.78, 5) is 2.76. The van der Waals surface area contributed by atoms with Crippen LogP contribution >= 0.6 is 0 Å². The Balaban J connectivity index is 1.77. The Morgan fingerprint density at radius 2 is 1.80 bits per heavy atom. The van der Waals surface area contributed by atoms with Crippen LogP contribution in [0.3, 0.4) is 0 Å². The highest BCUT2D eigenvalue weighted by atomic mass is 16.3. The van der Waals surface area contributed by atoms with Crippen LogP contribution in [0, 0.1) is 0 Å². The first-order chi connectivity index (χ1) is 12.3. The molecule has 0 bridgehead atoms. The van der Waals surface area contributed by atoms with Crippen molar-refractivity contribution in [2.75, 3.05) is 0 Å². The Morgan fingerprint density at radius 1 is 1.00 bits per heavy atom. The summed E-state index contributed by atoms with van der Waals surface area (Å²) in [5, 5.41) is 9.33. The van der Waals surface area contributed by atoms with E-state index in [1.807, 2.05) is 53.2 Å². The molecule has 0 amide bonds. The van der Waals surface area contributed by atoms with Gasteiger partial charge in [-0.3, -0.25) is 4.68 Å². The van der Waals surface area contributed by atoms with Gasteiger partial charge in [-0.25, -0.2) is 0 Å². The van der Waals surface area contributed by atoms with E-state index in [1.54, 1.807) is 0 Å². The highest BCUT2D eigenvalue weighted by Gasteiger charge is 2.15. The summed E-state index contributed by atoms with van der Waals surface area (Å²) in [6, 6.07) is 22.0. The average molecular weight is 329 g/mol. The quantitative estimate of drug-likeness (QED) is 0.288. The predicted molar refractivity (Wildman–Crippen MR) is 95.8 cm³/mol. The number of hydrogen-bond acceptors (Lipinski definition) is 3. The lowest BCUT2D eigenvalue weighted by molar-refractivity contribution is 0.522. The Hall–Kier alpha value is -3.50. The van der Waals surface area contributed by atoms with Crippen molar-refractivity contribution in [3.05, 3.63) is 88.5 Å². The van der Waals surface area contributed by atoms with Crippen LogP contribution in [0.1, 0.15) is 11.3 Å². The molecule has 25 heavy (non-hydrogen) atoms. The summed E-state index contributed by atoms with van der Waals surface area (Å²) in [7, 11) is 0. The van der Waals surface area contributed by atoms with E-state index in [0.717, 1.165) is 16.6 Å². The highest BCUT2D eigenvalue weighted by molar-refractivity contribution is 5.92. The molecule has 2 aromatic carbocycles. The standard InChI is InChI=1S/C19H15N5O/c20-23-21-12-15-10-11-18(25-15)19-16-8-4-5-9-17(16)24(22-19)13-14-6-2-1-3-7-14/h1-11H,12-13H2. The highest BCUT2D eigenvalue weighted by Crippen LogP contribution is 2.30. The molecule has 0 aliphatic carbocycles. The molecule has 0 fully saturated rings. The molecule has 0 saturated heterocycles. The van der Waals surface area contributed by atoms with Crippen molar-refractivity contribution in [2.45, 2.75) is 13.1 Å². The van der Waals surface area contributed by atoms with Gasteiger partial charge in [-0.2, -0.15) is 5.10 Å². The molecule has 122 valence electrons. The van der Waals surface area contributed by atoms with Crippen LogP contribution in [0.5, 0.6) is 0 Å². The van der Waals surface area contributed by atoms with Gasteiger partial charge in [-0.15, -0.1) is 0 Å². The summed E-state index contributed by atoms with van der Waals surface area (Å²) in [6.45, 7) is 0.882. The maximum Gasteiger partial charge on any atom is 0.155 e. The Labute approximate surface area is 143 Å². The lowest BCUT2D eigenvalue weighted by Crippen LogP contribution is -2.01. The van der Waals surface area contributed by atoms with Crippen LogP contribution < -0.4 is 0 Å². The monoisotopic (exact) mass is 329 g/mol. The molecule has 4 rings (SSSR count). The zero-order valence-corrected chi connectivity index (χ0v) is 13.4. The number of nitrogens with zero attached hydrogens (tertiary/aromatic N) is 5. The van der Waals surface area contributed by atoms with Gasteiger partial charge < -0.3 is 4.42 Å². The SMILES string of the molecule is [N-]=[N+]=NCc1ccc(-c2nn(Cc3ccccc3)c3ccccc23)o1. The van der Waals surface area contributed by atoms with Gasteiger partial charge in [0.15, 0.2) is 5.76 Å². The maximum atomic E-state index is 8.44. The number of para-hydroxylation sites is 1. The van der Waals surface area contributed by atoms with Gasteiger partial charge >= 0.3 is 0 Å². The fraction of sp³-hybridized carbons (Fsp3) is 0.105. The second kappa shape index (κ2) is 6.55. The fourth-order valence-electron chi connectivity index (χ4n) is 2.88. The molecule has 4 aromatic rings. The number of fused-ring (bicyclic) bond motifs is 1. The third-order valence-corrected chi connectivity index (χ3v) is 4.02. The van der Waals surface area contributed by atoms with Crippen molar-refractivity contribution in [1.82, 2.24) is 9.78 Å². The number of hydrogen-bond donors (Lipinski definition) is 0. The second-order valence-electron chi connectivity index (χ2n) is 5.66. The third-order valence-electron chi connectivity index (χ3n) is 4.02. The molecule has 2 aromatic heterocycles. The van der Waals surface area contributed by atoms with Crippen LogP contribution in [-0.4, -0.2) is 9.78 Å². The van der Waals surface area contributed by atoms with Crippen LogP contribution in [0.4, 0.5) is 0 Å². The number of benzene rings is 2. The first-order valence-electron chi connectivity index (χ1n) is 7.94. The third kappa shape index (κ3) is 2.98. The van der Waals surface area contributed by atoms with E-state index in [0.29, 0.717) is 18.1 Å². The number of rotatable bonds is 5. The van der Waals surface area contributed by atoms with Gasteiger partial charge in [0.2, 0.25) is 0 Å². The largest absolute Gasteiger partial charge is 0.459 e. The van der Waals surface area contributed by atoms with Crippen molar-refractivity contribution in [2.24, 2.45) is 5.11 Å². The molecule has 0 aliphatic heterocycles. The smallest absolute Gasteiger partial charge is 0.155 e. The molecule has 0 saturated carbocycles. The Morgan fingerprint density at radius 3 is 2.64 bits per heavy atom. The topological polar surface area (TPSA) is 79.7 Å². The Kier molecular flexibility index (Phi) is 3.94. The Bertz CT molecular complexity index is 1060. The lowest BCUT2D eigenvalue weighted by Gasteiger charge is -2.03. The molecule has 0 N–H and O–H groups in total. The van der Waals surface area contributed by atoms with E-state index in [4.69, 9.17) is 15.0 Å². The molecule has 6 nitrogen and oxygen atoms in total. The van der Waals surface area contributed by atoms with Crippen molar-refractivity contribution < 1.29 is 4.42 Å². The maximum absolute atomic E-state index is 8.44. The van der Waals surface area contributed by atoms with Gasteiger partial charge in [-0.05, 0) is 29.3 Å². The first kappa shape index (κ1) is 15.1. The van der Waals surface area contributed by atoms with E-state index in [2.05, 4.69) is 28.2 Å². The molecule has 2 heterocycles. The van der Waals surface area contributed by atoms with Crippen LogP contribution in [-0.2, 0) is 13.1 Å². The van der Waals surface area contributed by atoms with E-state index in [9.17, 15) is 0 Å². The van der Waals surface area contributed by atoms with Crippen molar-refractivity contribution in [3.8, 4) is 11.5 Å². The second-order valence-corrected chi connectivity index (χ2v) is 5.66. The molecular weight excluding hydrogens is 314 g/mol. The summed E-state index contributed by atoms with van der Waals surface area (Å²) in [5.74, 6) is 1.29. The van der Waals surface area contributed by atoms with Gasteiger partial charge in [0.1, 0.15) is 11.5 Å². The summed E-state index contributed by atoms with van der Waals surface area (Å²) >= 11 is 0. The number of furan rings is 1. The van der Waals surface area contributed by atoms with E-state index < -0.39 is 0 Å². The molecule has 0 aliphatic rings. The fourth-order valence-corrected chi connectivity index (χ4v) is 2.88. The van der Waals surface area contributed by atoms with Gasteiger partial charge in [0.25, 0.3) is 0 Å².